The van der Waals surface area contributed by atoms with E-state index in [0.29, 0.717) is 18.7 Å². The summed E-state index contributed by atoms with van der Waals surface area (Å²) in [6.07, 6.45) is 2.03. The maximum absolute atomic E-state index is 12.8. The zero-order valence-corrected chi connectivity index (χ0v) is 18.6. The predicted molar refractivity (Wildman–Crippen MR) is 114 cm³/mol. The molecule has 2 aromatic rings. The van der Waals surface area contributed by atoms with Gasteiger partial charge in [0.15, 0.2) is 0 Å². The molecule has 0 saturated carbocycles. The first kappa shape index (κ1) is 21.8. The lowest BCUT2D eigenvalue weighted by Gasteiger charge is -2.33. The lowest BCUT2D eigenvalue weighted by Crippen LogP contribution is -2.50. The van der Waals surface area contributed by atoms with Crippen LogP contribution < -0.4 is 0 Å². The molecule has 0 radical (unpaired) electrons. The maximum Gasteiger partial charge on any atom is 0.338 e. The highest BCUT2D eigenvalue weighted by Gasteiger charge is 2.32. The fourth-order valence-corrected chi connectivity index (χ4v) is 6.28. The van der Waals surface area contributed by atoms with E-state index < -0.39 is 16.0 Å². The summed E-state index contributed by atoms with van der Waals surface area (Å²) in [6.45, 7) is 1.06. The molecule has 0 N–H and O–H groups in total. The van der Waals surface area contributed by atoms with Gasteiger partial charge in [0.1, 0.15) is 4.21 Å². The van der Waals surface area contributed by atoms with Gasteiger partial charge in [0.25, 0.3) is 15.9 Å². The van der Waals surface area contributed by atoms with E-state index in [-0.39, 0.29) is 28.8 Å². The number of rotatable bonds is 6. The number of ether oxygens (including phenoxy) is 1. The van der Waals surface area contributed by atoms with E-state index in [4.69, 9.17) is 0 Å². The summed E-state index contributed by atoms with van der Waals surface area (Å²) < 4.78 is 31.7. The number of esters is 1. The van der Waals surface area contributed by atoms with E-state index in [1.807, 2.05) is 30.5 Å². The van der Waals surface area contributed by atoms with Crippen molar-refractivity contribution in [3.8, 4) is 0 Å². The molecule has 1 aliphatic heterocycles. The zero-order valence-electron chi connectivity index (χ0n) is 16.2. The molecule has 10 heteroatoms. The number of piperazine rings is 1. The molecule has 0 unspecified atom stereocenters. The Kier molecular flexibility index (Phi) is 6.99. The van der Waals surface area contributed by atoms with Crippen molar-refractivity contribution in [2.75, 3.05) is 39.5 Å². The first-order valence-corrected chi connectivity index (χ1v) is 12.6. The zero-order chi connectivity index (χ0) is 21.0. The number of hydrogen-bond acceptors (Lipinski definition) is 7. The summed E-state index contributed by atoms with van der Waals surface area (Å²) in [5.74, 6) is 0.231. The van der Waals surface area contributed by atoms with E-state index in [1.54, 1.807) is 16.7 Å². The van der Waals surface area contributed by atoms with Gasteiger partial charge in [-0.3, -0.25) is 4.79 Å². The molecule has 156 valence electrons. The highest BCUT2D eigenvalue weighted by molar-refractivity contribution is 7.97. The lowest BCUT2D eigenvalue weighted by atomic mass is 10.1. The van der Waals surface area contributed by atoms with Crippen LogP contribution in [0.1, 0.15) is 26.3 Å². The Hall–Kier alpha value is -1.88. The number of carbonyl (C=O) groups is 2. The van der Waals surface area contributed by atoms with Gasteiger partial charge in [-0.05, 0) is 30.0 Å². The third kappa shape index (κ3) is 4.82. The van der Waals surface area contributed by atoms with Crippen molar-refractivity contribution >= 4 is 45.0 Å². The summed E-state index contributed by atoms with van der Waals surface area (Å²) in [7, 11) is -2.45. The van der Waals surface area contributed by atoms with Crippen molar-refractivity contribution in [3.63, 3.8) is 0 Å². The number of sulfonamides is 1. The molecule has 1 saturated heterocycles. The quantitative estimate of drug-likeness (QED) is 0.624. The molecule has 3 rings (SSSR count). The highest BCUT2D eigenvalue weighted by Crippen LogP contribution is 2.25. The van der Waals surface area contributed by atoms with Gasteiger partial charge in [0.2, 0.25) is 0 Å². The summed E-state index contributed by atoms with van der Waals surface area (Å²) >= 11 is 2.71. The standard InChI is InChI=1S/C19H22N2O5S3/c1-26-19(23)16-11-17(28-13-16)29(24,25)21-9-7-20(8-10-21)18(22)15-5-3-14(4-6-15)12-27-2/h3-6,11,13H,7-10,12H2,1-2H3. The van der Waals surface area contributed by atoms with Gasteiger partial charge in [-0.2, -0.15) is 16.1 Å². The second kappa shape index (κ2) is 9.29. The van der Waals surface area contributed by atoms with Gasteiger partial charge < -0.3 is 9.64 Å². The number of carbonyl (C=O) groups excluding carboxylic acids is 2. The monoisotopic (exact) mass is 454 g/mol. The second-order valence-corrected chi connectivity index (χ2v) is 10.4. The Labute approximate surface area is 178 Å². The Morgan fingerprint density at radius 1 is 1.10 bits per heavy atom. The summed E-state index contributed by atoms with van der Waals surface area (Å²) in [5.41, 5.74) is 1.98. The number of nitrogens with zero attached hydrogens (tertiary/aromatic N) is 2. The lowest BCUT2D eigenvalue weighted by molar-refractivity contribution is 0.0600. The average Bonchev–Trinajstić information content (AvgIpc) is 3.25. The number of hydrogen-bond donors (Lipinski definition) is 0. The van der Waals surface area contributed by atoms with E-state index in [2.05, 4.69) is 4.74 Å². The summed E-state index contributed by atoms with van der Waals surface area (Å²) in [5, 5.41) is 1.47. The number of benzene rings is 1. The van der Waals surface area contributed by atoms with Crippen molar-refractivity contribution in [2.24, 2.45) is 0 Å². The van der Waals surface area contributed by atoms with Crippen molar-refractivity contribution in [2.45, 2.75) is 9.96 Å². The maximum atomic E-state index is 12.8. The van der Waals surface area contributed by atoms with Crippen LogP contribution in [0.25, 0.3) is 0 Å². The van der Waals surface area contributed by atoms with Crippen LogP contribution in [-0.2, 0) is 20.5 Å². The Balaban J connectivity index is 1.64. The largest absolute Gasteiger partial charge is 0.465 e. The molecular weight excluding hydrogens is 432 g/mol. The summed E-state index contributed by atoms with van der Waals surface area (Å²) in [6, 6.07) is 8.85. The van der Waals surface area contributed by atoms with Crippen LogP contribution in [0.2, 0.25) is 0 Å². The second-order valence-electron chi connectivity index (χ2n) is 6.47. The highest BCUT2D eigenvalue weighted by atomic mass is 32.2. The Bertz CT molecular complexity index is 978. The van der Waals surface area contributed by atoms with E-state index in [9.17, 15) is 18.0 Å². The molecule has 1 aliphatic rings. The number of amides is 1. The molecular formula is C19H22N2O5S3. The minimum Gasteiger partial charge on any atom is -0.465 e. The van der Waals surface area contributed by atoms with Gasteiger partial charge in [0, 0.05) is 42.9 Å². The third-order valence-electron chi connectivity index (χ3n) is 4.63. The molecule has 0 bridgehead atoms. The minimum absolute atomic E-state index is 0.0955. The van der Waals surface area contributed by atoms with Crippen LogP contribution in [0.15, 0.2) is 39.9 Å². The molecule has 0 aliphatic carbocycles. The fourth-order valence-electron chi connectivity index (χ4n) is 3.03. The van der Waals surface area contributed by atoms with Crippen LogP contribution in [0.3, 0.4) is 0 Å². The van der Waals surface area contributed by atoms with E-state index in [1.165, 1.54) is 22.9 Å². The number of methoxy groups -OCH3 is 1. The first-order chi connectivity index (χ1) is 13.9. The summed E-state index contributed by atoms with van der Waals surface area (Å²) in [4.78, 5) is 26.0. The smallest absolute Gasteiger partial charge is 0.338 e. The third-order valence-corrected chi connectivity index (χ3v) is 8.56. The normalized spacial score (nSPS) is 15.3. The molecule has 1 aromatic heterocycles. The van der Waals surface area contributed by atoms with Crippen LogP contribution in [-0.4, -0.2) is 69.0 Å². The van der Waals surface area contributed by atoms with Gasteiger partial charge in [-0.1, -0.05) is 12.1 Å². The fraction of sp³-hybridized carbons (Fsp3) is 0.368. The van der Waals surface area contributed by atoms with E-state index >= 15 is 0 Å². The molecule has 0 spiro atoms. The molecule has 7 nitrogen and oxygen atoms in total. The first-order valence-electron chi connectivity index (χ1n) is 8.91. The molecule has 0 atom stereocenters. The molecule has 1 amide bonds. The van der Waals surface area contributed by atoms with Crippen molar-refractivity contribution in [3.05, 3.63) is 52.4 Å². The van der Waals surface area contributed by atoms with Crippen molar-refractivity contribution < 1.29 is 22.7 Å². The topological polar surface area (TPSA) is 84.0 Å². The molecule has 1 aromatic carbocycles. The van der Waals surface area contributed by atoms with Crippen LogP contribution in [0.5, 0.6) is 0 Å². The molecule has 2 heterocycles. The van der Waals surface area contributed by atoms with Gasteiger partial charge in [-0.15, -0.1) is 11.3 Å². The number of thiophene rings is 1. The van der Waals surface area contributed by atoms with Gasteiger partial charge >= 0.3 is 5.97 Å². The van der Waals surface area contributed by atoms with Crippen molar-refractivity contribution in [1.82, 2.24) is 9.21 Å². The minimum atomic E-state index is -3.70. The SMILES string of the molecule is COC(=O)c1csc(S(=O)(=O)N2CCN(C(=O)c3ccc(CSC)cc3)CC2)c1. The van der Waals surface area contributed by atoms with Crippen LogP contribution in [0.4, 0.5) is 0 Å². The predicted octanol–water partition coefficient (Wildman–Crippen LogP) is 2.54. The van der Waals surface area contributed by atoms with Crippen LogP contribution in [0, 0.1) is 0 Å². The average molecular weight is 455 g/mol. The molecule has 1 fully saturated rings. The number of thioether (sulfide) groups is 1. The van der Waals surface area contributed by atoms with Crippen LogP contribution >= 0.6 is 23.1 Å². The molecule has 29 heavy (non-hydrogen) atoms. The Morgan fingerprint density at radius 2 is 1.76 bits per heavy atom. The van der Waals surface area contributed by atoms with E-state index in [0.717, 1.165) is 22.7 Å². The van der Waals surface area contributed by atoms with Gasteiger partial charge in [0.05, 0.1) is 12.7 Å². The Morgan fingerprint density at radius 3 is 2.34 bits per heavy atom. The van der Waals surface area contributed by atoms with Gasteiger partial charge in [-0.25, -0.2) is 13.2 Å². The van der Waals surface area contributed by atoms with Crippen molar-refractivity contribution in [1.29, 1.82) is 0 Å².